The van der Waals surface area contributed by atoms with E-state index in [9.17, 15) is 14.0 Å². The van der Waals surface area contributed by atoms with Crippen molar-refractivity contribution >= 4 is 17.8 Å². The van der Waals surface area contributed by atoms with Gasteiger partial charge < -0.3 is 26.0 Å². The predicted octanol–water partition coefficient (Wildman–Crippen LogP) is 2.83. The van der Waals surface area contributed by atoms with Gasteiger partial charge in [-0.3, -0.25) is 9.69 Å². The Balaban J connectivity index is 1.17. The summed E-state index contributed by atoms with van der Waals surface area (Å²) >= 11 is 0. The number of amides is 3. The van der Waals surface area contributed by atoms with Crippen molar-refractivity contribution in [2.75, 3.05) is 39.0 Å². The molecule has 9 nitrogen and oxygen atoms in total. The summed E-state index contributed by atoms with van der Waals surface area (Å²) in [5, 5.41) is 5.52. The number of nitrogen functional groups attached to an aromatic ring is 1. The topological polar surface area (TPSA) is 113 Å². The smallest absolute Gasteiger partial charge is 0.315 e. The molecule has 1 atom stereocenters. The molecule has 37 heavy (non-hydrogen) atoms. The number of nitrogens with two attached hydrogens (primary N) is 1. The number of nitrogens with one attached hydrogen (secondary N) is 2. The summed E-state index contributed by atoms with van der Waals surface area (Å²) in [5.41, 5.74) is 7.09. The highest BCUT2D eigenvalue weighted by Crippen LogP contribution is 2.44. The Morgan fingerprint density at radius 3 is 2.62 bits per heavy atom. The molecule has 2 fully saturated rings. The van der Waals surface area contributed by atoms with Crippen molar-refractivity contribution in [3.8, 4) is 5.75 Å². The van der Waals surface area contributed by atoms with E-state index in [0.717, 1.165) is 38.0 Å². The largest absolute Gasteiger partial charge is 0.487 e. The van der Waals surface area contributed by atoms with Gasteiger partial charge in [0.15, 0.2) is 0 Å². The number of fused-ring (bicyclic) bond motifs is 1. The van der Waals surface area contributed by atoms with Crippen LogP contribution < -0.4 is 21.1 Å². The van der Waals surface area contributed by atoms with Crippen molar-refractivity contribution < 1.29 is 18.7 Å². The van der Waals surface area contributed by atoms with E-state index in [1.54, 1.807) is 19.3 Å². The normalized spacial score (nSPS) is 21.7. The number of benzene rings is 1. The molecule has 1 spiro atoms. The average Bonchev–Trinajstić information content (AvgIpc) is 2.89. The van der Waals surface area contributed by atoms with E-state index in [-0.39, 0.29) is 29.7 Å². The number of piperidine rings is 2. The molecule has 0 aliphatic carbocycles. The maximum atomic E-state index is 13.9. The minimum Gasteiger partial charge on any atom is -0.487 e. The van der Waals surface area contributed by atoms with Crippen molar-refractivity contribution in [1.29, 1.82) is 0 Å². The number of hydrogen-bond acceptors (Lipinski definition) is 6. The van der Waals surface area contributed by atoms with Crippen LogP contribution in [0, 0.1) is 11.7 Å². The van der Waals surface area contributed by atoms with Crippen molar-refractivity contribution in [2.24, 2.45) is 5.92 Å². The monoisotopic (exact) mass is 510 g/mol. The predicted molar refractivity (Wildman–Crippen MR) is 137 cm³/mol. The van der Waals surface area contributed by atoms with E-state index >= 15 is 0 Å². The molecule has 5 rings (SSSR count). The van der Waals surface area contributed by atoms with Gasteiger partial charge in [-0.1, -0.05) is 0 Å². The zero-order valence-electron chi connectivity index (χ0n) is 21.2. The average molecular weight is 511 g/mol. The summed E-state index contributed by atoms with van der Waals surface area (Å²) in [7, 11) is 1.56. The first-order chi connectivity index (χ1) is 17.8. The fourth-order valence-electron chi connectivity index (χ4n) is 5.89. The van der Waals surface area contributed by atoms with Gasteiger partial charge in [0.1, 0.15) is 23.0 Å². The van der Waals surface area contributed by atoms with Gasteiger partial charge in [-0.15, -0.1) is 0 Å². The Kier molecular flexibility index (Phi) is 7.19. The molecule has 3 aliphatic rings. The third-order valence-corrected chi connectivity index (χ3v) is 7.96. The number of halogens is 1. The second-order valence-electron chi connectivity index (χ2n) is 10.4. The Morgan fingerprint density at radius 1 is 1.16 bits per heavy atom. The maximum Gasteiger partial charge on any atom is 0.315 e. The third kappa shape index (κ3) is 5.64. The van der Waals surface area contributed by atoms with Crippen LogP contribution in [-0.2, 0) is 11.3 Å². The first-order valence-corrected chi connectivity index (χ1v) is 13.0. The number of carbonyl (C=O) groups is 2. The summed E-state index contributed by atoms with van der Waals surface area (Å²) in [4.78, 5) is 33.8. The number of anilines is 1. The quantitative estimate of drug-likeness (QED) is 0.583. The number of rotatable bonds is 4. The van der Waals surface area contributed by atoms with Gasteiger partial charge in [-0.25, -0.2) is 14.2 Å². The summed E-state index contributed by atoms with van der Waals surface area (Å²) in [6, 6.07) is 7.65. The van der Waals surface area contributed by atoms with Crippen molar-refractivity contribution in [1.82, 2.24) is 25.4 Å². The third-order valence-electron chi connectivity index (χ3n) is 7.96. The molecule has 0 radical (unpaired) electrons. The van der Waals surface area contributed by atoms with Crippen LogP contribution in [0.1, 0.15) is 49.3 Å². The molecule has 10 heteroatoms. The first-order valence-electron chi connectivity index (χ1n) is 13.0. The highest BCUT2D eigenvalue weighted by Gasteiger charge is 2.45. The zero-order chi connectivity index (χ0) is 26.0. The number of likely N-dealkylation sites (tertiary alicyclic amines) is 2. The number of hydrogen-bond donors (Lipinski definition) is 3. The second kappa shape index (κ2) is 10.5. The molecule has 198 valence electrons. The van der Waals surface area contributed by atoms with E-state index in [1.807, 2.05) is 17.0 Å². The molecule has 1 aromatic heterocycles. The van der Waals surface area contributed by atoms with Crippen LogP contribution in [0.15, 0.2) is 36.5 Å². The lowest BCUT2D eigenvalue weighted by Crippen LogP contribution is -2.55. The molecule has 1 unspecified atom stereocenters. The summed E-state index contributed by atoms with van der Waals surface area (Å²) in [6.45, 7) is 3.78. The summed E-state index contributed by atoms with van der Waals surface area (Å²) in [6.07, 6.45) is 5.29. The molecular weight excluding hydrogens is 475 g/mol. The Hall–Kier alpha value is -3.40. The van der Waals surface area contributed by atoms with Crippen LogP contribution in [0.2, 0.25) is 0 Å². The maximum absolute atomic E-state index is 13.9. The lowest BCUT2D eigenvalue weighted by atomic mass is 9.80. The standard InChI is InChI=1S/C27H35FN6O3/c1-30-26(36)32-22-16-27(37-23-3-2-20(28)15-21(22)23)7-12-34(13-8-27)25(35)19-5-10-33(11-6-19)17-18-4-9-31-24(29)14-18/h2-4,9,14-15,19,22H,5-8,10-13,16-17H2,1H3,(H2,29,31)(H2,30,32,36). The van der Waals surface area contributed by atoms with Crippen molar-refractivity contribution in [2.45, 2.75) is 50.3 Å². The lowest BCUT2D eigenvalue weighted by Gasteiger charge is -2.47. The van der Waals surface area contributed by atoms with Crippen LogP contribution in [0.5, 0.6) is 5.75 Å². The molecule has 3 amide bonds. The van der Waals surface area contributed by atoms with Gasteiger partial charge in [0, 0.05) is 63.6 Å². The van der Waals surface area contributed by atoms with Gasteiger partial charge in [0.2, 0.25) is 5.91 Å². The van der Waals surface area contributed by atoms with Crippen LogP contribution in [0.3, 0.4) is 0 Å². The van der Waals surface area contributed by atoms with E-state index in [4.69, 9.17) is 10.5 Å². The van der Waals surface area contributed by atoms with Gasteiger partial charge in [0.05, 0.1) is 6.04 Å². The molecule has 2 saturated heterocycles. The second-order valence-corrected chi connectivity index (χ2v) is 10.4. The SMILES string of the molecule is CNC(=O)NC1CC2(CCN(C(=O)C3CCN(Cc4ccnc(N)c4)CC3)CC2)Oc2ccc(F)cc21. The van der Waals surface area contributed by atoms with Crippen LogP contribution in [0.25, 0.3) is 0 Å². The summed E-state index contributed by atoms with van der Waals surface area (Å²) < 4.78 is 20.4. The minimum atomic E-state index is -0.497. The summed E-state index contributed by atoms with van der Waals surface area (Å²) in [5.74, 6) is 1.02. The lowest BCUT2D eigenvalue weighted by molar-refractivity contribution is -0.141. The number of aromatic nitrogens is 1. The van der Waals surface area contributed by atoms with E-state index in [2.05, 4.69) is 20.5 Å². The molecule has 4 heterocycles. The fraction of sp³-hybridized carbons (Fsp3) is 0.519. The number of nitrogens with zero attached hydrogens (tertiary/aromatic N) is 3. The van der Waals surface area contributed by atoms with E-state index in [0.29, 0.717) is 49.5 Å². The molecule has 1 aromatic carbocycles. The van der Waals surface area contributed by atoms with Gasteiger partial charge in [0.25, 0.3) is 0 Å². The van der Waals surface area contributed by atoms with Crippen LogP contribution in [0.4, 0.5) is 15.0 Å². The number of carbonyl (C=O) groups excluding carboxylic acids is 2. The van der Waals surface area contributed by atoms with Crippen LogP contribution >= 0.6 is 0 Å². The molecule has 0 bridgehead atoms. The number of ether oxygens (including phenoxy) is 1. The first kappa shape index (κ1) is 25.3. The minimum absolute atomic E-state index is 0.0338. The Labute approximate surface area is 216 Å². The van der Waals surface area contributed by atoms with Crippen LogP contribution in [-0.4, -0.2) is 65.5 Å². The fourth-order valence-corrected chi connectivity index (χ4v) is 5.89. The molecule has 2 aromatic rings. The highest BCUT2D eigenvalue weighted by molar-refractivity contribution is 5.79. The molecule has 3 aliphatic heterocycles. The molecule has 4 N–H and O–H groups in total. The molecule has 0 saturated carbocycles. The van der Waals surface area contributed by atoms with Gasteiger partial charge in [-0.05, 0) is 61.8 Å². The van der Waals surface area contributed by atoms with Gasteiger partial charge >= 0.3 is 6.03 Å². The molecular formula is C27H35FN6O3. The van der Waals surface area contributed by atoms with Crippen molar-refractivity contribution in [3.05, 3.63) is 53.5 Å². The van der Waals surface area contributed by atoms with E-state index in [1.165, 1.54) is 12.1 Å². The van der Waals surface area contributed by atoms with Crippen molar-refractivity contribution in [3.63, 3.8) is 0 Å². The zero-order valence-corrected chi connectivity index (χ0v) is 21.2. The highest BCUT2D eigenvalue weighted by atomic mass is 19.1. The van der Waals surface area contributed by atoms with Gasteiger partial charge in [-0.2, -0.15) is 0 Å². The Bertz CT molecular complexity index is 1140. The Morgan fingerprint density at radius 2 is 1.92 bits per heavy atom. The number of urea groups is 1. The van der Waals surface area contributed by atoms with E-state index < -0.39 is 5.60 Å². The number of pyridine rings is 1.